The number of rotatable bonds is 31. The highest BCUT2D eigenvalue weighted by atomic mass is 31.2. The molecule has 0 aliphatic carbocycles. The summed E-state index contributed by atoms with van der Waals surface area (Å²) in [6.07, 6.45) is 3.85. The third kappa shape index (κ3) is 16.9. The fourth-order valence-electron chi connectivity index (χ4n) is 10.4. The number of alkyl halides is 2. The normalized spacial score (nSPS) is 19.4. The van der Waals surface area contributed by atoms with Gasteiger partial charge in [0.1, 0.15) is 24.4 Å². The molecule has 2 saturated heterocycles. The van der Waals surface area contributed by atoms with E-state index in [-0.39, 0.29) is 163 Å². The van der Waals surface area contributed by atoms with Crippen molar-refractivity contribution in [3.8, 4) is 23.0 Å². The highest BCUT2D eigenvalue weighted by Crippen LogP contribution is 2.49. The van der Waals surface area contributed by atoms with E-state index in [4.69, 9.17) is 24.7 Å². The Morgan fingerprint density at radius 3 is 1.75 bits per heavy atom. The molecule has 7 rings (SSSR count). The summed E-state index contributed by atoms with van der Waals surface area (Å²) in [5.74, 6) is -3.44. The van der Waals surface area contributed by atoms with E-state index in [0.717, 1.165) is 17.1 Å². The van der Waals surface area contributed by atoms with Gasteiger partial charge in [-0.1, -0.05) is 13.8 Å². The molecule has 26 nitrogen and oxygen atoms in total. The van der Waals surface area contributed by atoms with Crippen molar-refractivity contribution in [3.05, 3.63) is 47.5 Å². The van der Waals surface area contributed by atoms with Crippen LogP contribution in [0.15, 0.2) is 46.4 Å². The van der Waals surface area contributed by atoms with E-state index >= 15 is 4.57 Å². The van der Waals surface area contributed by atoms with Gasteiger partial charge in [0.25, 0.3) is 23.6 Å². The number of aliphatic imine (C=N–C) groups is 2. The third-order valence-corrected chi connectivity index (χ3v) is 18.3. The number of carbonyl (C=O) groups excluding carboxylic acids is 9. The predicted molar refractivity (Wildman–Crippen MR) is 308 cm³/mol. The van der Waals surface area contributed by atoms with Crippen molar-refractivity contribution in [2.24, 2.45) is 21.6 Å². The molecule has 0 unspecified atom stereocenters. The molecule has 5 heterocycles. The largest absolute Gasteiger partial charge is 0.493 e. The zero-order chi connectivity index (χ0) is 61.5. The average Bonchev–Trinajstić information content (AvgIpc) is 3.52. The quantitative estimate of drug-likeness (QED) is 0.0359. The molecule has 6 atom stereocenters. The molecule has 0 aromatic heterocycles. The summed E-state index contributed by atoms with van der Waals surface area (Å²) in [4.78, 5) is 128. The second-order valence-corrected chi connectivity index (χ2v) is 24.7. The molecule has 0 spiro atoms. The number of urea groups is 1. The first-order valence-corrected chi connectivity index (χ1v) is 30.3. The maximum absolute atomic E-state index is 15.2. The lowest BCUT2D eigenvalue weighted by Gasteiger charge is -2.29. The molecule has 0 radical (unpaired) electrons. The lowest BCUT2D eigenvalue weighted by molar-refractivity contribution is -0.137. The summed E-state index contributed by atoms with van der Waals surface area (Å²) >= 11 is 0. The molecule has 5 aliphatic rings. The number of nitrogens with two attached hydrogens (primary N) is 1. The molecule has 85 heavy (non-hydrogen) atoms. The van der Waals surface area contributed by atoms with E-state index in [1.54, 1.807) is 37.7 Å². The van der Waals surface area contributed by atoms with Crippen LogP contribution >= 0.6 is 7.29 Å². The number of ether oxygens (including phenoxy) is 4. The Kier molecular flexibility index (Phi) is 22.5. The number of amides is 10. The number of nitrogens with one attached hydrogen (secondary N) is 5. The van der Waals surface area contributed by atoms with Crippen molar-refractivity contribution in [2.75, 3.05) is 92.6 Å². The number of imide groups is 1. The summed E-state index contributed by atoms with van der Waals surface area (Å²) in [6, 6.07) is 2.10. The summed E-state index contributed by atoms with van der Waals surface area (Å²) in [5, 5.41) is 13.2. The Morgan fingerprint density at radius 1 is 0.706 bits per heavy atom. The summed E-state index contributed by atoms with van der Waals surface area (Å²) in [5.41, 5.74) is 6.23. The topological polar surface area (TPSA) is 331 Å². The van der Waals surface area contributed by atoms with E-state index in [2.05, 4.69) is 36.6 Å². The van der Waals surface area contributed by atoms with Gasteiger partial charge in [-0.3, -0.25) is 57.9 Å². The number of hydrogen-bond acceptors (Lipinski definition) is 16. The van der Waals surface area contributed by atoms with Crippen molar-refractivity contribution in [2.45, 2.75) is 102 Å². The minimum atomic E-state index is -3.44. The first-order chi connectivity index (χ1) is 40.6. The van der Waals surface area contributed by atoms with Crippen LogP contribution < -0.4 is 51.3 Å². The molecular formula is C56H75F2N12O14P. The molecule has 0 saturated carbocycles. The van der Waals surface area contributed by atoms with Crippen molar-refractivity contribution < 1.29 is 75.4 Å². The minimum absolute atomic E-state index is 0.00204. The summed E-state index contributed by atoms with van der Waals surface area (Å²) in [6.45, 7) is 3.33. The van der Waals surface area contributed by atoms with Gasteiger partial charge in [0.05, 0.1) is 75.1 Å². The Balaban J connectivity index is 0.943. The third-order valence-electron chi connectivity index (χ3n) is 15.1. The highest BCUT2D eigenvalue weighted by Gasteiger charge is 2.40. The standard InChI is InChI=1S/C56H75F2N12O14P/c1-33(2)51(66-48(72)11-8-18-68-49(73)12-13-50(68)74)53(76)65-40(9-6-14-62-56(59)79)52(75)61-16-15-60-47(71)10-7-17-67(3)85(80,21-19-83-45-27-41-38(25-43(45)81-4)54(77)69-31-34(57)23-36(69)29-63-41)22-20-84-46-28-42-39(26-44(46)82-5)55(78)70-32-35(58)24-37(70)30-64-42/h12-13,25-30,33-37,40,51H,6-11,14-24,31-32H2,1-5H3,(H,60,71)(H,61,75)(H,65,76)(H,66,72)(H3,59,62,79)/t34-,35-,36+,37+,40-,51-/m1/s1. The SMILES string of the molecule is COc1cc2c(cc1OCCP(=O)(CCOc1cc3c(cc1OC)C(=O)N1C[C@H](F)C[C@H]1C=N3)N(C)CCCC(=O)NCCNC(=O)[C@@H](CCCNC(N)=O)NC(=O)[C@H](NC(=O)CCCN1C(=O)C=CC1=O)C(C)C)N=C[C@@H]1C[C@@H](F)CN1C2=O. The van der Waals surface area contributed by atoms with Gasteiger partial charge in [-0.15, -0.1) is 0 Å². The smallest absolute Gasteiger partial charge is 0.312 e. The van der Waals surface area contributed by atoms with Gasteiger partial charge in [0.2, 0.25) is 23.6 Å². The number of benzene rings is 2. The monoisotopic (exact) mass is 1210 g/mol. The van der Waals surface area contributed by atoms with E-state index in [1.165, 1.54) is 48.6 Å². The number of nitrogens with zero attached hydrogens (tertiary/aromatic N) is 6. The van der Waals surface area contributed by atoms with Gasteiger partial charge in [-0.05, 0) is 50.8 Å². The Labute approximate surface area is 490 Å². The minimum Gasteiger partial charge on any atom is -0.493 e. The van der Waals surface area contributed by atoms with Gasteiger partial charge in [0, 0.05) is 107 Å². The molecule has 2 fully saturated rings. The van der Waals surface area contributed by atoms with Crippen LogP contribution in [-0.4, -0.2) is 214 Å². The number of methoxy groups -OCH3 is 2. The first-order valence-electron chi connectivity index (χ1n) is 28.3. The van der Waals surface area contributed by atoms with Gasteiger partial charge < -0.3 is 65.6 Å². The lowest BCUT2D eigenvalue weighted by Crippen LogP contribution is -2.55. The molecule has 7 N–H and O–H groups in total. The summed E-state index contributed by atoms with van der Waals surface area (Å²) in [7, 11) is 1.02. The van der Waals surface area contributed by atoms with Crippen LogP contribution in [0.4, 0.5) is 25.0 Å². The van der Waals surface area contributed by atoms with Crippen LogP contribution in [-0.2, 0) is 33.3 Å². The molecule has 2 aromatic rings. The van der Waals surface area contributed by atoms with Crippen molar-refractivity contribution in [1.82, 2.24) is 46.0 Å². The zero-order valence-electron chi connectivity index (χ0n) is 48.3. The molecule has 462 valence electrons. The van der Waals surface area contributed by atoms with Crippen LogP contribution in [0.1, 0.15) is 85.9 Å². The van der Waals surface area contributed by atoms with Crippen molar-refractivity contribution in [3.63, 3.8) is 0 Å². The van der Waals surface area contributed by atoms with Crippen LogP contribution in [0.2, 0.25) is 0 Å². The van der Waals surface area contributed by atoms with Crippen molar-refractivity contribution >= 4 is 84.4 Å². The molecule has 0 bridgehead atoms. The highest BCUT2D eigenvalue weighted by molar-refractivity contribution is 7.61. The fraction of sp³-hybridized carbons (Fsp3) is 0.554. The Morgan fingerprint density at radius 2 is 1.24 bits per heavy atom. The molecule has 5 aliphatic heterocycles. The van der Waals surface area contributed by atoms with E-state index in [1.807, 2.05) is 0 Å². The molecule has 10 amide bonds. The van der Waals surface area contributed by atoms with Crippen LogP contribution in [0.3, 0.4) is 0 Å². The van der Waals surface area contributed by atoms with Crippen molar-refractivity contribution in [1.29, 1.82) is 0 Å². The van der Waals surface area contributed by atoms with Crippen LogP contribution in [0.25, 0.3) is 0 Å². The number of hydrogen-bond donors (Lipinski definition) is 6. The zero-order valence-corrected chi connectivity index (χ0v) is 49.2. The number of primary amides is 1. The fourth-order valence-corrected chi connectivity index (χ4v) is 12.6. The lowest BCUT2D eigenvalue weighted by atomic mass is 10.0. The molecular weight excluding hydrogens is 1130 g/mol. The second kappa shape index (κ2) is 29.7. The summed E-state index contributed by atoms with van der Waals surface area (Å²) < 4.78 is 69.0. The number of halogens is 2. The average molecular weight is 1210 g/mol. The van der Waals surface area contributed by atoms with Gasteiger partial charge in [-0.25, -0.2) is 13.6 Å². The van der Waals surface area contributed by atoms with Crippen LogP contribution in [0, 0.1) is 5.92 Å². The van der Waals surface area contributed by atoms with Gasteiger partial charge in [-0.2, -0.15) is 0 Å². The molecule has 29 heteroatoms. The maximum atomic E-state index is 15.2. The molecule has 2 aromatic carbocycles. The predicted octanol–water partition coefficient (Wildman–Crippen LogP) is 2.70. The van der Waals surface area contributed by atoms with Gasteiger partial charge in [0.15, 0.2) is 30.3 Å². The van der Waals surface area contributed by atoms with Gasteiger partial charge >= 0.3 is 6.03 Å². The van der Waals surface area contributed by atoms with Crippen LogP contribution in [0.5, 0.6) is 23.0 Å². The number of carbonyl (C=O) groups is 9. The number of fused-ring (bicyclic) bond motifs is 4. The first kappa shape index (κ1) is 64.6. The van der Waals surface area contributed by atoms with E-state index < -0.39 is 97.1 Å². The second-order valence-electron chi connectivity index (χ2n) is 21.5. The maximum Gasteiger partial charge on any atom is 0.312 e. The Bertz CT molecular complexity index is 2870. The Hall–Kier alpha value is -8.00. The van der Waals surface area contributed by atoms with E-state index in [9.17, 15) is 51.9 Å². The van der Waals surface area contributed by atoms with E-state index in [0.29, 0.717) is 11.4 Å².